The Balaban J connectivity index is 1.41. The lowest BCUT2D eigenvalue weighted by atomic mass is 9.87. The van der Waals surface area contributed by atoms with Crippen LogP contribution in [-0.4, -0.2) is 23.0 Å². The van der Waals surface area contributed by atoms with Gasteiger partial charge in [-0.3, -0.25) is 4.79 Å². The quantitative estimate of drug-likeness (QED) is 0.694. The molecule has 1 aliphatic rings. The number of carbonyl (C=O) groups is 2. The number of carbonyl (C=O) groups excluding carboxylic acids is 2. The zero-order valence-corrected chi connectivity index (χ0v) is 15.8. The molecular formula is C21H20N2O3S. The smallest absolute Gasteiger partial charge is 0.338 e. The summed E-state index contributed by atoms with van der Waals surface area (Å²) in [5.41, 5.74) is 5.44. The van der Waals surface area contributed by atoms with E-state index in [1.807, 2.05) is 12.1 Å². The van der Waals surface area contributed by atoms with Gasteiger partial charge in [0.15, 0.2) is 6.10 Å². The SMILES string of the molecule is C[C@@H](OC(=O)c1ccc2ncsc2c1)C(=O)N[C@@H]1CCCc2ccccc21. The van der Waals surface area contributed by atoms with Crippen molar-refractivity contribution in [1.82, 2.24) is 10.3 Å². The lowest BCUT2D eigenvalue weighted by Gasteiger charge is -2.27. The first kappa shape index (κ1) is 17.7. The Hall–Kier alpha value is -2.73. The van der Waals surface area contributed by atoms with Gasteiger partial charge in [0, 0.05) is 0 Å². The maximum Gasteiger partial charge on any atom is 0.338 e. The Morgan fingerprint density at radius 1 is 1.26 bits per heavy atom. The van der Waals surface area contributed by atoms with Gasteiger partial charge in [0.05, 0.1) is 27.3 Å². The molecule has 0 spiro atoms. The van der Waals surface area contributed by atoms with Crippen molar-refractivity contribution in [3.8, 4) is 0 Å². The Kier molecular flexibility index (Phi) is 4.90. The van der Waals surface area contributed by atoms with Crippen molar-refractivity contribution < 1.29 is 14.3 Å². The van der Waals surface area contributed by atoms with Crippen LogP contribution in [0.4, 0.5) is 0 Å². The minimum Gasteiger partial charge on any atom is -0.449 e. The molecule has 0 aliphatic heterocycles. The van der Waals surface area contributed by atoms with Crippen LogP contribution < -0.4 is 5.32 Å². The van der Waals surface area contributed by atoms with Crippen LogP contribution in [0, 0.1) is 0 Å². The van der Waals surface area contributed by atoms with Crippen molar-refractivity contribution in [3.05, 3.63) is 64.7 Å². The van der Waals surface area contributed by atoms with Gasteiger partial charge in [0.1, 0.15) is 0 Å². The van der Waals surface area contributed by atoms with Gasteiger partial charge in [-0.2, -0.15) is 0 Å². The number of benzene rings is 2. The summed E-state index contributed by atoms with van der Waals surface area (Å²) in [5, 5.41) is 3.03. The molecule has 0 radical (unpaired) electrons. The van der Waals surface area contributed by atoms with Crippen LogP contribution in [0.25, 0.3) is 10.2 Å². The van der Waals surface area contributed by atoms with E-state index in [1.54, 1.807) is 30.6 Å². The van der Waals surface area contributed by atoms with Gasteiger partial charge in [-0.25, -0.2) is 9.78 Å². The fourth-order valence-corrected chi connectivity index (χ4v) is 4.17. The van der Waals surface area contributed by atoms with E-state index in [0.717, 1.165) is 35.0 Å². The Labute approximate surface area is 161 Å². The maximum absolute atomic E-state index is 12.6. The van der Waals surface area contributed by atoms with Crippen molar-refractivity contribution in [2.45, 2.75) is 38.3 Å². The van der Waals surface area contributed by atoms with E-state index in [0.29, 0.717) is 5.56 Å². The molecule has 1 amide bonds. The maximum atomic E-state index is 12.6. The summed E-state index contributed by atoms with van der Waals surface area (Å²) in [6.07, 6.45) is 2.10. The predicted molar refractivity (Wildman–Crippen MR) is 105 cm³/mol. The first-order valence-corrected chi connectivity index (χ1v) is 9.92. The van der Waals surface area contributed by atoms with Crippen LogP contribution in [0.5, 0.6) is 0 Å². The van der Waals surface area contributed by atoms with Gasteiger partial charge < -0.3 is 10.1 Å². The van der Waals surface area contributed by atoms with Crippen molar-refractivity contribution in [3.63, 3.8) is 0 Å². The fourth-order valence-electron chi connectivity index (χ4n) is 3.46. The molecular weight excluding hydrogens is 360 g/mol. The third-order valence-electron chi connectivity index (χ3n) is 4.91. The number of hydrogen-bond donors (Lipinski definition) is 1. The summed E-state index contributed by atoms with van der Waals surface area (Å²) >= 11 is 1.46. The van der Waals surface area contributed by atoms with E-state index < -0.39 is 12.1 Å². The molecule has 5 nitrogen and oxygen atoms in total. The molecule has 6 heteroatoms. The highest BCUT2D eigenvalue weighted by Gasteiger charge is 2.25. The van der Waals surface area contributed by atoms with E-state index in [2.05, 4.69) is 22.4 Å². The molecule has 138 valence electrons. The molecule has 1 aliphatic carbocycles. The molecule has 2 aromatic carbocycles. The van der Waals surface area contributed by atoms with E-state index in [4.69, 9.17) is 4.74 Å². The highest BCUT2D eigenvalue weighted by Crippen LogP contribution is 2.29. The lowest BCUT2D eigenvalue weighted by Crippen LogP contribution is -2.39. The molecule has 2 atom stereocenters. The summed E-state index contributed by atoms with van der Waals surface area (Å²) in [6, 6.07) is 13.3. The normalized spacial score (nSPS) is 17.1. The Morgan fingerprint density at radius 3 is 3.00 bits per heavy atom. The van der Waals surface area contributed by atoms with Crippen LogP contribution in [-0.2, 0) is 16.0 Å². The molecule has 1 aromatic heterocycles. The highest BCUT2D eigenvalue weighted by atomic mass is 32.1. The van der Waals surface area contributed by atoms with E-state index in [-0.39, 0.29) is 11.9 Å². The zero-order valence-electron chi connectivity index (χ0n) is 15.0. The second-order valence-electron chi connectivity index (χ2n) is 6.73. The van der Waals surface area contributed by atoms with Gasteiger partial charge in [-0.05, 0) is 55.5 Å². The van der Waals surface area contributed by atoms with E-state index >= 15 is 0 Å². The number of ether oxygens (including phenoxy) is 1. The number of fused-ring (bicyclic) bond motifs is 2. The predicted octanol–water partition coefficient (Wildman–Crippen LogP) is 4.04. The topological polar surface area (TPSA) is 68.3 Å². The number of nitrogens with one attached hydrogen (secondary N) is 1. The summed E-state index contributed by atoms with van der Waals surface area (Å²) < 4.78 is 6.30. The molecule has 1 heterocycles. The number of aromatic nitrogens is 1. The lowest BCUT2D eigenvalue weighted by molar-refractivity contribution is -0.130. The summed E-state index contributed by atoms with van der Waals surface area (Å²) in [4.78, 5) is 29.2. The van der Waals surface area contributed by atoms with Gasteiger partial charge >= 0.3 is 5.97 Å². The number of esters is 1. The summed E-state index contributed by atoms with van der Waals surface area (Å²) in [7, 11) is 0. The minimum absolute atomic E-state index is 0.0304. The molecule has 1 N–H and O–H groups in total. The third-order valence-corrected chi connectivity index (χ3v) is 5.70. The highest BCUT2D eigenvalue weighted by molar-refractivity contribution is 7.16. The molecule has 0 bridgehead atoms. The molecule has 27 heavy (non-hydrogen) atoms. The van der Waals surface area contributed by atoms with Crippen LogP contribution in [0.15, 0.2) is 48.0 Å². The molecule has 0 unspecified atom stereocenters. The first-order chi connectivity index (χ1) is 13.1. The van der Waals surface area contributed by atoms with Crippen LogP contribution in [0.1, 0.15) is 47.3 Å². The second kappa shape index (κ2) is 7.48. The monoisotopic (exact) mass is 380 g/mol. The molecule has 0 fully saturated rings. The minimum atomic E-state index is -0.858. The van der Waals surface area contributed by atoms with Crippen molar-refractivity contribution in [2.75, 3.05) is 0 Å². The summed E-state index contributed by atoms with van der Waals surface area (Å²) in [6.45, 7) is 1.60. The fraction of sp³-hybridized carbons (Fsp3) is 0.286. The van der Waals surface area contributed by atoms with Crippen molar-refractivity contribution >= 4 is 33.4 Å². The van der Waals surface area contributed by atoms with E-state index in [1.165, 1.54) is 16.9 Å². The largest absolute Gasteiger partial charge is 0.449 e. The van der Waals surface area contributed by atoms with Crippen LogP contribution >= 0.6 is 11.3 Å². The van der Waals surface area contributed by atoms with Gasteiger partial charge in [-0.1, -0.05) is 24.3 Å². The molecule has 0 saturated carbocycles. The number of aryl methyl sites for hydroxylation is 1. The summed E-state index contributed by atoms with van der Waals surface area (Å²) in [5.74, 6) is -0.777. The number of rotatable bonds is 4. The Morgan fingerprint density at radius 2 is 2.11 bits per heavy atom. The first-order valence-electron chi connectivity index (χ1n) is 9.04. The number of hydrogen-bond acceptors (Lipinski definition) is 5. The van der Waals surface area contributed by atoms with Crippen LogP contribution in [0.2, 0.25) is 0 Å². The number of nitrogens with zero attached hydrogens (tertiary/aromatic N) is 1. The average molecular weight is 380 g/mol. The van der Waals surface area contributed by atoms with Gasteiger partial charge in [0.25, 0.3) is 5.91 Å². The average Bonchev–Trinajstić information content (AvgIpc) is 3.16. The molecule has 3 aromatic rings. The third kappa shape index (κ3) is 3.71. The zero-order chi connectivity index (χ0) is 18.8. The van der Waals surface area contributed by atoms with Gasteiger partial charge in [0.2, 0.25) is 0 Å². The molecule has 4 rings (SSSR count). The van der Waals surface area contributed by atoms with Gasteiger partial charge in [-0.15, -0.1) is 11.3 Å². The Bertz CT molecular complexity index is 998. The second-order valence-corrected chi connectivity index (χ2v) is 7.62. The standard InChI is InChI=1S/C21H20N2O3S/c1-13(26-21(25)15-9-10-18-19(11-15)27-12-22-18)20(24)23-17-8-4-6-14-5-2-3-7-16(14)17/h2-3,5,7,9-13,17H,4,6,8H2,1H3,(H,23,24)/t13-,17-/m1/s1. The number of amides is 1. The van der Waals surface area contributed by atoms with Crippen molar-refractivity contribution in [1.29, 1.82) is 0 Å². The van der Waals surface area contributed by atoms with E-state index in [9.17, 15) is 9.59 Å². The van der Waals surface area contributed by atoms with Crippen molar-refractivity contribution in [2.24, 2.45) is 0 Å². The number of thiazole rings is 1. The molecule has 0 saturated heterocycles. The van der Waals surface area contributed by atoms with Crippen LogP contribution in [0.3, 0.4) is 0 Å².